The zero-order valence-electron chi connectivity index (χ0n) is 15.0. The van der Waals surface area contributed by atoms with Crippen molar-refractivity contribution in [3.63, 3.8) is 0 Å². The number of aromatic hydroxyl groups is 1. The molecule has 0 fully saturated rings. The van der Waals surface area contributed by atoms with Crippen molar-refractivity contribution in [3.05, 3.63) is 41.0 Å². The molecule has 1 N–H and O–H groups in total. The fourth-order valence-corrected chi connectivity index (χ4v) is 2.60. The molecule has 1 aromatic rings. The highest BCUT2D eigenvalue weighted by Crippen LogP contribution is 2.51. The maximum absolute atomic E-state index is 12.2. The highest BCUT2D eigenvalue weighted by Gasteiger charge is 2.42. The van der Waals surface area contributed by atoms with Crippen LogP contribution in [0.5, 0.6) is 17.2 Å². The van der Waals surface area contributed by atoms with Crippen molar-refractivity contribution < 1.29 is 28.9 Å². The Hall–Kier alpha value is -2.76. The number of hydrogen-bond donors (Lipinski definition) is 1. The van der Waals surface area contributed by atoms with Gasteiger partial charge in [-0.05, 0) is 39.3 Å². The van der Waals surface area contributed by atoms with Crippen molar-refractivity contribution in [3.8, 4) is 17.2 Å². The Bertz CT molecular complexity index is 775. The third-order valence-corrected chi connectivity index (χ3v) is 4.12. The number of methoxy groups -OCH3 is 1. The van der Waals surface area contributed by atoms with Crippen molar-refractivity contribution in [2.45, 2.75) is 39.9 Å². The van der Waals surface area contributed by atoms with Crippen LogP contribution in [0.25, 0.3) is 0 Å². The van der Waals surface area contributed by atoms with Gasteiger partial charge in [-0.25, -0.2) is 4.79 Å². The lowest BCUT2D eigenvalue weighted by molar-refractivity contribution is -0.146. The molecule has 0 aliphatic carbocycles. The third-order valence-electron chi connectivity index (χ3n) is 4.12. The molecule has 0 radical (unpaired) electrons. The number of allylic oxidation sites excluding steroid dienone is 1. The van der Waals surface area contributed by atoms with Crippen LogP contribution in [0, 0.1) is 0 Å². The van der Waals surface area contributed by atoms with Crippen molar-refractivity contribution in [1.29, 1.82) is 0 Å². The SMILES string of the molecule is C=C(C)C1Oc2c(cc(C(C)=O)c(O)c2OC)C1OC(=O)C(C)=CC. The molecule has 1 heterocycles. The summed E-state index contributed by atoms with van der Waals surface area (Å²) in [6.07, 6.45) is 0.217. The Morgan fingerprint density at radius 2 is 1.96 bits per heavy atom. The second-order valence-corrected chi connectivity index (χ2v) is 5.96. The zero-order valence-corrected chi connectivity index (χ0v) is 15.0. The molecule has 1 aliphatic heterocycles. The summed E-state index contributed by atoms with van der Waals surface area (Å²) in [7, 11) is 1.36. The summed E-state index contributed by atoms with van der Waals surface area (Å²) in [5.74, 6) is -0.853. The molecule has 0 spiro atoms. The van der Waals surface area contributed by atoms with Gasteiger partial charge in [0.1, 0.15) is 0 Å². The molecular weight excluding hydrogens is 324 g/mol. The van der Waals surface area contributed by atoms with E-state index in [9.17, 15) is 14.7 Å². The molecule has 6 nitrogen and oxygen atoms in total. The number of phenols is 1. The molecule has 2 atom stereocenters. The summed E-state index contributed by atoms with van der Waals surface area (Å²) in [6, 6.07) is 1.47. The predicted molar refractivity (Wildman–Crippen MR) is 92.2 cm³/mol. The minimum absolute atomic E-state index is 0.0373. The van der Waals surface area contributed by atoms with Gasteiger partial charge in [-0.2, -0.15) is 0 Å². The Morgan fingerprint density at radius 3 is 2.44 bits per heavy atom. The summed E-state index contributed by atoms with van der Waals surface area (Å²) in [5, 5.41) is 10.3. The molecule has 0 aromatic heterocycles. The van der Waals surface area contributed by atoms with Gasteiger partial charge >= 0.3 is 5.97 Å². The Balaban J connectivity index is 2.61. The molecule has 134 valence electrons. The monoisotopic (exact) mass is 346 g/mol. The number of esters is 1. The third kappa shape index (κ3) is 3.24. The minimum atomic E-state index is -0.789. The number of fused-ring (bicyclic) bond motifs is 1. The van der Waals surface area contributed by atoms with Gasteiger partial charge < -0.3 is 19.3 Å². The molecule has 0 bridgehead atoms. The molecule has 2 unspecified atom stereocenters. The van der Waals surface area contributed by atoms with Crippen LogP contribution in [-0.4, -0.2) is 30.1 Å². The van der Waals surface area contributed by atoms with Crippen molar-refractivity contribution in [2.75, 3.05) is 7.11 Å². The van der Waals surface area contributed by atoms with E-state index in [1.807, 2.05) is 0 Å². The largest absolute Gasteiger partial charge is 0.504 e. The second kappa shape index (κ2) is 7.01. The number of hydrogen-bond acceptors (Lipinski definition) is 6. The van der Waals surface area contributed by atoms with Crippen LogP contribution in [0.15, 0.2) is 29.9 Å². The zero-order chi connectivity index (χ0) is 18.9. The number of Topliss-reactive ketones (excluding diaryl/α,β-unsaturated/α-hetero) is 1. The minimum Gasteiger partial charge on any atom is -0.504 e. The molecule has 6 heteroatoms. The van der Waals surface area contributed by atoms with Gasteiger partial charge in [-0.15, -0.1) is 0 Å². The van der Waals surface area contributed by atoms with Crippen LogP contribution < -0.4 is 9.47 Å². The summed E-state index contributed by atoms with van der Waals surface area (Å²) in [5.41, 5.74) is 1.62. The van der Waals surface area contributed by atoms with E-state index in [1.54, 1.807) is 26.8 Å². The molecule has 1 aromatic carbocycles. The molecule has 0 saturated heterocycles. The van der Waals surface area contributed by atoms with Gasteiger partial charge in [0.05, 0.1) is 12.7 Å². The fraction of sp³-hybridized carbons (Fsp3) is 0.368. The van der Waals surface area contributed by atoms with Crippen LogP contribution in [-0.2, 0) is 9.53 Å². The first-order valence-corrected chi connectivity index (χ1v) is 7.83. The van der Waals surface area contributed by atoms with Gasteiger partial charge in [-0.3, -0.25) is 4.79 Å². The Labute approximate surface area is 146 Å². The topological polar surface area (TPSA) is 82.1 Å². The molecular formula is C19H22O6. The van der Waals surface area contributed by atoms with E-state index in [1.165, 1.54) is 20.1 Å². The highest BCUT2D eigenvalue weighted by molar-refractivity contribution is 5.98. The van der Waals surface area contributed by atoms with E-state index in [-0.39, 0.29) is 28.6 Å². The van der Waals surface area contributed by atoms with E-state index < -0.39 is 18.2 Å². The summed E-state index contributed by atoms with van der Waals surface area (Å²) >= 11 is 0. The number of carbonyl (C=O) groups excluding carboxylic acids is 2. The van der Waals surface area contributed by atoms with Crippen LogP contribution >= 0.6 is 0 Å². The number of phenolic OH excluding ortho intramolecular Hbond substituents is 1. The van der Waals surface area contributed by atoms with E-state index in [4.69, 9.17) is 14.2 Å². The average molecular weight is 346 g/mol. The van der Waals surface area contributed by atoms with Crippen molar-refractivity contribution in [1.82, 2.24) is 0 Å². The lowest BCUT2D eigenvalue weighted by Crippen LogP contribution is -2.24. The van der Waals surface area contributed by atoms with Gasteiger partial charge in [-0.1, -0.05) is 12.7 Å². The van der Waals surface area contributed by atoms with Gasteiger partial charge in [0, 0.05) is 11.1 Å². The van der Waals surface area contributed by atoms with Gasteiger partial charge in [0.2, 0.25) is 5.75 Å². The Kier molecular flexibility index (Phi) is 5.21. The van der Waals surface area contributed by atoms with E-state index in [2.05, 4.69) is 6.58 Å². The maximum atomic E-state index is 12.2. The van der Waals surface area contributed by atoms with Gasteiger partial charge in [0.25, 0.3) is 0 Å². The van der Waals surface area contributed by atoms with E-state index in [0.29, 0.717) is 16.7 Å². The van der Waals surface area contributed by atoms with Crippen LogP contribution in [0.1, 0.15) is 49.7 Å². The average Bonchev–Trinajstić information content (AvgIpc) is 2.91. The standard InChI is InChI=1S/C19H22O6/c1-7-10(4)19(22)25-16-13-8-12(11(5)20)14(21)18(23-6)17(13)24-15(16)9(2)3/h7-8,15-16,21H,2H2,1,3-6H3. The summed E-state index contributed by atoms with van der Waals surface area (Å²) < 4.78 is 16.7. The molecule has 1 aliphatic rings. The first kappa shape index (κ1) is 18.6. The quantitative estimate of drug-likeness (QED) is 0.380. The van der Waals surface area contributed by atoms with Crippen molar-refractivity contribution >= 4 is 11.8 Å². The predicted octanol–water partition coefficient (Wildman–Crippen LogP) is 3.49. The first-order valence-electron chi connectivity index (χ1n) is 7.83. The van der Waals surface area contributed by atoms with E-state index in [0.717, 1.165) is 0 Å². The number of ether oxygens (including phenoxy) is 3. The van der Waals surface area contributed by atoms with Crippen LogP contribution in [0.2, 0.25) is 0 Å². The van der Waals surface area contributed by atoms with Crippen LogP contribution in [0.3, 0.4) is 0 Å². The second-order valence-electron chi connectivity index (χ2n) is 5.96. The fourth-order valence-electron chi connectivity index (χ4n) is 2.60. The van der Waals surface area contributed by atoms with Crippen LogP contribution in [0.4, 0.5) is 0 Å². The number of benzene rings is 1. The molecule has 0 saturated carbocycles. The molecule has 25 heavy (non-hydrogen) atoms. The number of rotatable bonds is 5. The highest BCUT2D eigenvalue weighted by atomic mass is 16.6. The summed E-state index contributed by atoms with van der Waals surface area (Å²) in [4.78, 5) is 24.1. The van der Waals surface area contributed by atoms with Crippen molar-refractivity contribution in [2.24, 2.45) is 0 Å². The first-order chi connectivity index (χ1) is 11.7. The van der Waals surface area contributed by atoms with Gasteiger partial charge in [0.15, 0.2) is 29.5 Å². The maximum Gasteiger partial charge on any atom is 0.334 e. The summed E-state index contributed by atoms with van der Waals surface area (Å²) in [6.45, 7) is 10.3. The molecule has 0 amide bonds. The lowest BCUT2D eigenvalue weighted by atomic mass is 9.98. The van der Waals surface area contributed by atoms with E-state index >= 15 is 0 Å². The number of ketones is 1. The Morgan fingerprint density at radius 1 is 1.32 bits per heavy atom. The molecule has 2 rings (SSSR count). The lowest BCUT2D eigenvalue weighted by Gasteiger charge is -2.19. The number of carbonyl (C=O) groups is 2. The smallest absolute Gasteiger partial charge is 0.334 e. The normalized spacial score (nSPS) is 19.0.